The van der Waals surface area contributed by atoms with E-state index in [9.17, 15) is 24.6 Å². The number of hydrogen-bond donors (Lipinski definition) is 2. The zero-order valence-electron chi connectivity index (χ0n) is 30.5. The van der Waals surface area contributed by atoms with Gasteiger partial charge in [-0.05, 0) is 80.6 Å². The van der Waals surface area contributed by atoms with Gasteiger partial charge in [0.15, 0.2) is 17.4 Å². The molecule has 274 valence electrons. The molecule has 0 amide bonds. The second-order valence-electron chi connectivity index (χ2n) is 15.3. The molecule has 7 heteroatoms. The van der Waals surface area contributed by atoms with Crippen molar-refractivity contribution in [1.29, 1.82) is 0 Å². The summed E-state index contributed by atoms with van der Waals surface area (Å²) in [6.45, 7) is 4.44. The van der Waals surface area contributed by atoms with Crippen molar-refractivity contribution in [3.05, 3.63) is 47.6 Å². The molecule has 4 aliphatic rings. The van der Waals surface area contributed by atoms with E-state index in [4.69, 9.17) is 9.47 Å². The summed E-state index contributed by atoms with van der Waals surface area (Å²) in [6.07, 6.45) is 30.1. The van der Waals surface area contributed by atoms with E-state index < -0.39 is 29.2 Å². The predicted octanol–water partition coefficient (Wildman–Crippen LogP) is 9.04. The van der Waals surface area contributed by atoms with E-state index in [-0.39, 0.29) is 30.2 Å². The number of rotatable bonds is 22. The quantitative estimate of drug-likeness (QED) is 0.110. The Bertz CT molecular complexity index is 1210. The Kier molecular flexibility index (Phi) is 15.7. The third-order valence-electron chi connectivity index (χ3n) is 11.0. The number of hydrogen-bond acceptors (Lipinski definition) is 7. The van der Waals surface area contributed by atoms with Crippen LogP contribution in [-0.2, 0) is 23.9 Å². The van der Waals surface area contributed by atoms with Gasteiger partial charge in [0, 0.05) is 37.7 Å². The van der Waals surface area contributed by atoms with Crippen LogP contribution in [-0.4, -0.2) is 56.8 Å². The summed E-state index contributed by atoms with van der Waals surface area (Å²) in [7, 11) is 0. The van der Waals surface area contributed by atoms with Gasteiger partial charge in [0.05, 0.1) is 12.2 Å². The molecule has 0 aromatic carbocycles. The molecule has 0 aromatic heterocycles. The van der Waals surface area contributed by atoms with Gasteiger partial charge in [0.25, 0.3) is 0 Å². The lowest BCUT2D eigenvalue weighted by Crippen LogP contribution is -2.48. The maximum absolute atomic E-state index is 13.4. The average Bonchev–Trinajstić information content (AvgIpc) is 3.40. The fourth-order valence-electron chi connectivity index (χ4n) is 8.23. The molecule has 0 aromatic rings. The molecule has 0 bridgehead atoms. The number of ether oxygens (including phenoxy) is 2. The standard InChI is InChI=1S/C42H64O7/c1-3-5-7-9-10-11-12-13-15-17-24-41(47)27-23-39(46)37(38(41)18-16-14-8-6-4-2)20-19-34(44)30-36-31-35(45)32-42(48-36)29-28-40(49-42)25-21-33(43)22-26-40/h21-23,25-27,35-36,45,47H,3-20,24,28-32H2,1-2H3/t35-,36-,41?,42-/m1/s1. The lowest BCUT2D eigenvalue weighted by atomic mass is 9.76. The van der Waals surface area contributed by atoms with Crippen LogP contribution in [0.15, 0.2) is 47.6 Å². The molecule has 2 N–H and O–H groups in total. The highest BCUT2D eigenvalue weighted by Gasteiger charge is 2.52. The Balaban J connectivity index is 1.33. The Labute approximate surface area is 295 Å². The summed E-state index contributed by atoms with van der Waals surface area (Å²) in [6, 6.07) is 0. The van der Waals surface area contributed by atoms with Crippen LogP contribution in [0.4, 0.5) is 0 Å². The Hall–Kier alpha value is -2.19. The molecule has 2 aliphatic heterocycles. The fraction of sp³-hybridized carbons (Fsp3) is 0.738. The first-order valence-corrected chi connectivity index (χ1v) is 19.8. The van der Waals surface area contributed by atoms with Crippen LogP contribution in [0.3, 0.4) is 0 Å². The van der Waals surface area contributed by atoms with E-state index in [1.54, 1.807) is 18.2 Å². The molecule has 2 spiro atoms. The first-order valence-electron chi connectivity index (χ1n) is 19.8. The molecule has 0 saturated carbocycles. The molecule has 2 fully saturated rings. The van der Waals surface area contributed by atoms with E-state index >= 15 is 0 Å². The van der Waals surface area contributed by atoms with Crippen LogP contribution in [0.1, 0.15) is 168 Å². The second-order valence-corrected chi connectivity index (χ2v) is 15.3. The molecule has 2 saturated heterocycles. The van der Waals surface area contributed by atoms with E-state index in [1.165, 1.54) is 76.0 Å². The first kappa shape index (κ1) is 39.6. The molecule has 1 unspecified atom stereocenters. The summed E-state index contributed by atoms with van der Waals surface area (Å²) >= 11 is 0. The summed E-state index contributed by atoms with van der Waals surface area (Å²) < 4.78 is 12.8. The number of carbonyl (C=O) groups is 3. The summed E-state index contributed by atoms with van der Waals surface area (Å²) in [5.74, 6) is -1.20. The lowest BCUT2D eigenvalue weighted by Gasteiger charge is -2.41. The number of unbranched alkanes of at least 4 members (excludes halogenated alkanes) is 13. The highest BCUT2D eigenvalue weighted by molar-refractivity contribution is 6.06. The summed E-state index contributed by atoms with van der Waals surface area (Å²) in [5, 5.41) is 22.7. The largest absolute Gasteiger partial charge is 0.393 e. The highest BCUT2D eigenvalue weighted by atomic mass is 16.7. The van der Waals surface area contributed by atoms with Crippen molar-refractivity contribution in [3.8, 4) is 0 Å². The van der Waals surface area contributed by atoms with Crippen LogP contribution in [0.5, 0.6) is 0 Å². The molecule has 4 rings (SSSR count). The maximum atomic E-state index is 13.4. The number of aliphatic hydroxyl groups is 2. The van der Waals surface area contributed by atoms with E-state index in [1.807, 2.05) is 0 Å². The minimum Gasteiger partial charge on any atom is -0.393 e. The van der Waals surface area contributed by atoms with Crippen LogP contribution in [0.2, 0.25) is 0 Å². The van der Waals surface area contributed by atoms with E-state index in [0.717, 1.165) is 44.1 Å². The number of Topliss-reactive ketones (excluding diaryl/α,β-unsaturated/α-hetero) is 1. The summed E-state index contributed by atoms with van der Waals surface area (Å²) in [4.78, 5) is 38.4. The Morgan fingerprint density at radius 2 is 1.41 bits per heavy atom. The SMILES string of the molecule is CCCCCCCCCCCCC1(O)C=CC(=O)C(CCC(=O)C[C@@H]2C[C@@H](O)C[C@]3(CCC4(C=CC(=O)C=C4)O3)O2)=C1CCCCCCC. The Morgan fingerprint density at radius 1 is 0.796 bits per heavy atom. The molecular weight excluding hydrogens is 616 g/mol. The predicted molar refractivity (Wildman–Crippen MR) is 194 cm³/mol. The van der Waals surface area contributed by atoms with Gasteiger partial charge >= 0.3 is 0 Å². The van der Waals surface area contributed by atoms with E-state index in [2.05, 4.69) is 13.8 Å². The normalized spacial score (nSPS) is 27.7. The molecular formula is C42H64O7. The topological polar surface area (TPSA) is 110 Å². The van der Waals surface area contributed by atoms with Gasteiger partial charge in [-0.25, -0.2) is 0 Å². The van der Waals surface area contributed by atoms with Gasteiger partial charge in [0.1, 0.15) is 17.0 Å². The zero-order valence-corrected chi connectivity index (χ0v) is 30.5. The van der Waals surface area contributed by atoms with Gasteiger partial charge in [-0.3, -0.25) is 14.4 Å². The number of allylic oxidation sites excluding steroid dienone is 4. The maximum Gasteiger partial charge on any atom is 0.181 e. The van der Waals surface area contributed by atoms with Gasteiger partial charge in [-0.1, -0.05) is 97.3 Å². The monoisotopic (exact) mass is 680 g/mol. The highest BCUT2D eigenvalue weighted by Crippen LogP contribution is 2.47. The van der Waals surface area contributed by atoms with E-state index in [0.29, 0.717) is 50.5 Å². The van der Waals surface area contributed by atoms with Crippen molar-refractivity contribution in [2.75, 3.05) is 0 Å². The van der Waals surface area contributed by atoms with Crippen molar-refractivity contribution in [2.24, 2.45) is 0 Å². The zero-order chi connectivity index (χ0) is 35.2. The third kappa shape index (κ3) is 11.9. The molecule has 49 heavy (non-hydrogen) atoms. The number of ketones is 3. The fourth-order valence-corrected chi connectivity index (χ4v) is 8.23. The van der Waals surface area contributed by atoms with Crippen molar-refractivity contribution in [1.82, 2.24) is 0 Å². The van der Waals surface area contributed by atoms with Crippen molar-refractivity contribution >= 4 is 17.3 Å². The molecule has 4 atom stereocenters. The van der Waals surface area contributed by atoms with Crippen LogP contribution >= 0.6 is 0 Å². The van der Waals surface area contributed by atoms with Crippen molar-refractivity contribution < 1.29 is 34.1 Å². The number of carbonyl (C=O) groups excluding carboxylic acids is 3. The van der Waals surface area contributed by atoms with Gasteiger partial charge in [-0.2, -0.15) is 0 Å². The number of aliphatic hydroxyl groups excluding tert-OH is 1. The smallest absolute Gasteiger partial charge is 0.181 e. The van der Waals surface area contributed by atoms with Gasteiger partial charge in [-0.15, -0.1) is 0 Å². The first-order chi connectivity index (χ1) is 23.6. The van der Waals surface area contributed by atoms with Crippen LogP contribution in [0, 0.1) is 0 Å². The average molecular weight is 681 g/mol. The van der Waals surface area contributed by atoms with Crippen molar-refractivity contribution in [2.45, 2.75) is 197 Å². The van der Waals surface area contributed by atoms with Crippen molar-refractivity contribution in [3.63, 3.8) is 0 Å². The second kappa shape index (κ2) is 19.4. The Morgan fingerprint density at radius 3 is 2.06 bits per heavy atom. The minimum atomic E-state index is -1.14. The van der Waals surface area contributed by atoms with Gasteiger partial charge < -0.3 is 19.7 Å². The molecule has 0 radical (unpaired) electrons. The third-order valence-corrected chi connectivity index (χ3v) is 11.0. The molecule has 2 heterocycles. The lowest BCUT2D eigenvalue weighted by molar-refractivity contribution is -0.290. The van der Waals surface area contributed by atoms with Crippen LogP contribution < -0.4 is 0 Å². The molecule has 2 aliphatic carbocycles. The van der Waals surface area contributed by atoms with Crippen LogP contribution in [0.25, 0.3) is 0 Å². The minimum absolute atomic E-state index is 0.0274. The van der Waals surface area contributed by atoms with Gasteiger partial charge in [0.2, 0.25) is 0 Å². The summed E-state index contributed by atoms with van der Waals surface area (Å²) in [5.41, 5.74) is -0.435. The molecule has 7 nitrogen and oxygen atoms in total.